The number of likely N-dealkylation sites (N-methyl/N-ethyl adjacent to an activating group) is 1. The molecule has 0 heterocycles. The summed E-state index contributed by atoms with van der Waals surface area (Å²) in [4.78, 5) is 37.7. The van der Waals surface area contributed by atoms with Crippen molar-refractivity contribution in [2.45, 2.75) is 463 Å². The van der Waals surface area contributed by atoms with Crippen molar-refractivity contribution >= 4 is 17.9 Å². The van der Waals surface area contributed by atoms with Gasteiger partial charge >= 0.3 is 11.9 Å². The van der Waals surface area contributed by atoms with E-state index in [0.717, 1.165) is 83.5 Å². The molecule has 0 amide bonds. The van der Waals surface area contributed by atoms with Gasteiger partial charge in [0.1, 0.15) is 13.2 Å². The van der Waals surface area contributed by atoms with Crippen molar-refractivity contribution in [3.63, 3.8) is 0 Å². The maximum Gasteiger partial charge on any atom is 0.306 e. The Morgan fingerprint density at radius 1 is 0.290 bits per heavy atom. The summed E-state index contributed by atoms with van der Waals surface area (Å²) in [5.41, 5.74) is 0. The van der Waals surface area contributed by atoms with E-state index in [0.29, 0.717) is 23.9 Å². The Hall–Kier alpha value is -3.79. The first-order valence-corrected chi connectivity index (χ1v) is 46.4. The van der Waals surface area contributed by atoms with Gasteiger partial charge in [0.05, 0.1) is 40.3 Å². The summed E-state index contributed by atoms with van der Waals surface area (Å²) >= 11 is 0. The van der Waals surface area contributed by atoms with E-state index < -0.39 is 24.3 Å². The number of ether oxygens (including phenoxy) is 4. The number of quaternary nitrogens is 1. The summed E-state index contributed by atoms with van der Waals surface area (Å²) in [5.74, 6) is -2.26. The second-order valence-electron chi connectivity index (χ2n) is 32.6. The highest BCUT2D eigenvalue weighted by Gasteiger charge is 2.22. The third-order valence-electron chi connectivity index (χ3n) is 20.8. The van der Waals surface area contributed by atoms with Crippen molar-refractivity contribution in [3.05, 3.63) is 97.2 Å². The number of esters is 2. The standard InChI is InChI=1S/C98H177NO8/c1-6-8-10-12-14-16-18-20-22-24-26-28-30-32-34-36-38-40-42-44-46-48-50-52-54-56-58-60-62-64-66-68-70-72-74-76-78-80-82-84-86-88-95(100)105-92-94(93-106-98(97(102)103)104-91-90-99(3,4)5)107-96(101)89-87-85-83-81-79-77-75-73-71-69-67-65-63-61-59-57-55-53-51-49-47-45-43-41-39-37-35-33-31-29-27-25-23-21-19-17-15-13-11-9-7-2/h9,11,15,17,21,23,27,29,33,35,39,41,45,47,51,53,94,98H,6-8,10,12-14,16,18-20,22,24-26,28,30-32,34,36-38,40,42-44,46,48-50,52,54-93H2,1-5H3/b11-9-,17-15-,23-21-,29-27-,35-33-,41-39-,47-45-,53-51-. The minimum atomic E-state index is -1.62. The van der Waals surface area contributed by atoms with Gasteiger partial charge in [0, 0.05) is 12.8 Å². The van der Waals surface area contributed by atoms with Crippen molar-refractivity contribution in [3.8, 4) is 0 Å². The summed E-state index contributed by atoms with van der Waals surface area (Å²) in [6.07, 6.45) is 120. The Labute approximate surface area is 664 Å². The monoisotopic (exact) mass is 1500 g/mol. The zero-order chi connectivity index (χ0) is 77.4. The second kappa shape index (κ2) is 87.8. The van der Waals surface area contributed by atoms with Crippen molar-refractivity contribution in [1.29, 1.82) is 0 Å². The lowest BCUT2D eigenvalue weighted by molar-refractivity contribution is -0.870. The molecule has 2 unspecified atom stereocenters. The molecule has 0 bridgehead atoms. The number of carboxylic acids is 1. The van der Waals surface area contributed by atoms with Gasteiger partial charge in [-0.05, 0) is 77.0 Å². The highest BCUT2D eigenvalue weighted by Crippen LogP contribution is 2.21. The van der Waals surface area contributed by atoms with Crippen LogP contribution >= 0.6 is 0 Å². The molecule has 0 saturated heterocycles. The van der Waals surface area contributed by atoms with E-state index in [1.807, 2.05) is 21.1 Å². The maximum atomic E-state index is 13.0. The van der Waals surface area contributed by atoms with Crippen LogP contribution in [0.5, 0.6) is 0 Å². The third-order valence-corrected chi connectivity index (χ3v) is 20.8. The van der Waals surface area contributed by atoms with Crippen molar-refractivity contribution < 1.29 is 42.9 Å². The van der Waals surface area contributed by atoms with Crippen LogP contribution in [0.4, 0.5) is 0 Å². The number of rotatable bonds is 87. The van der Waals surface area contributed by atoms with Gasteiger partial charge in [-0.3, -0.25) is 9.59 Å². The molecule has 0 aliphatic heterocycles. The van der Waals surface area contributed by atoms with Gasteiger partial charge in [-0.15, -0.1) is 0 Å². The Balaban J connectivity index is 3.92. The minimum absolute atomic E-state index is 0.148. The fourth-order valence-electron chi connectivity index (χ4n) is 13.9. The predicted octanol–water partition coefficient (Wildman–Crippen LogP) is 29.3. The summed E-state index contributed by atoms with van der Waals surface area (Å²) in [7, 11) is 5.95. The molecule has 0 aromatic heterocycles. The van der Waals surface area contributed by atoms with Crippen molar-refractivity contribution in [1.82, 2.24) is 0 Å². The van der Waals surface area contributed by atoms with Gasteiger partial charge in [0.15, 0.2) is 12.4 Å². The fourth-order valence-corrected chi connectivity index (χ4v) is 13.9. The van der Waals surface area contributed by atoms with Gasteiger partial charge in [0.25, 0.3) is 0 Å². The molecule has 622 valence electrons. The highest BCUT2D eigenvalue weighted by atomic mass is 16.7. The topological polar surface area (TPSA) is 111 Å². The predicted molar refractivity (Wildman–Crippen MR) is 463 cm³/mol. The largest absolute Gasteiger partial charge is 0.545 e. The van der Waals surface area contributed by atoms with Crippen LogP contribution in [0.1, 0.15) is 450 Å². The minimum Gasteiger partial charge on any atom is -0.545 e. The fraction of sp³-hybridized carbons (Fsp3) is 0.806. The Morgan fingerprint density at radius 2 is 0.533 bits per heavy atom. The maximum absolute atomic E-state index is 13.0. The molecule has 0 aliphatic rings. The molecule has 0 aliphatic carbocycles. The zero-order valence-electron chi connectivity index (χ0n) is 71.5. The Bertz CT molecular complexity index is 2100. The molecule has 0 spiro atoms. The number of carbonyl (C=O) groups is 3. The molecule has 0 N–H and O–H groups in total. The molecule has 9 nitrogen and oxygen atoms in total. The summed E-state index contributed by atoms with van der Waals surface area (Å²) in [6, 6.07) is 0. The number of hydrogen-bond acceptors (Lipinski definition) is 8. The van der Waals surface area contributed by atoms with Crippen LogP contribution in [0.25, 0.3) is 0 Å². The van der Waals surface area contributed by atoms with Gasteiger partial charge in [-0.1, -0.05) is 458 Å². The zero-order valence-corrected chi connectivity index (χ0v) is 71.5. The van der Waals surface area contributed by atoms with Crippen LogP contribution in [0.2, 0.25) is 0 Å². The van der Waals surface area contributed by atoms with Crippen LogP contribution in [0, 0.1) is 0 Å². The van der Waals surface area contributed by atoms with Crippen LogP contribution < -0.4 is 5.11 Å². The quantitative estimate of drug-likeness (QED) is 0.0195. The van der Waals surface area contributed by atoms with Gasteiger partial charge in [-0.25, -0.2) is 0 Å². The lowest BCUT2D eigenvalue weighted by Crippen LogP contribution is -2.44. The van der Waals surface area contributed by atoms with Crippen LogP contribution in [0.15, 0.2) is 97.2 Å². The number of aliphatic carboxylic acids is 1. The van der Waals surface area contributed by atoms with Crippen LogP contribution in [0.3, 0.4) is 0 Å². The molecule has 9 heteroatoms. The average molecular weight is 1500 g/mol. The number of allylic oxidation sites excluding steroid dienone is 16. The van der Waals surface area contributed by atoms with Crippen molar-refractivity contribution in [2.24, 2.45) is 0 Å². The van der Waals surface area contributed by atoms with Gasteiger partial charge < -0.3 is 33.3 Å². The number of hydrogen-bond donors (Lipinski definition) is 0. The van der Waals surface area contributed by atoms with E-state index in [-0.39, 0.29) is 32.2 Å². The molecule has 0 saturated carbocycles. The number of nitrogens with zero attached hydrogens (tertiary/aromatic N) is 1. The molecule has 0 aromatic carbocycles. The normalized spacial score (nSPS) is 13.0. The van der Waals surface area contributed by atoms with Gasteiger partial charge in [0.2, 0.25) is 0 Å². The molecule has 0 fully saturated rings. The summed E-state index contributed by atoms with van der Waals surface area (Å²) in [5, 5.41) is 11.9. The van der Waals surface area contributed by atoms with E-state index in [1.165, 1.54) is 334 Å². The molecule has 0 aromatic rings. The van der Waals surface area contributed by atoms with Crippen LogP contribution in [-0.4, -0.2) is 82.3 Å². The molecule has 0 rings (SSSR count). The third kappa shape index (κ3) is 89.3. The van der Waals surface area contributed by atoms with E-state index in [9.17, 15) is 19.5 Å². The Morgan fingerprint density at radius 3 is 0.794 bits per heavy atom. The second-order valence-corrected chi connectivity index (χ2v) is 32.6. The highest BCUT2D eigenvalue weighted by molar-refractivity contribution is 5.70. The van der Waals surface area contributed by atoms with E-state index in [4.69, 9.17) is 18.9 Å². The lowest BCUT2D eigenvalue weighted by Gasteiger charge is -2.26. The first-order chi connectivity index (χ1) is 52.6. The number of carbonyl (C=O) groups excluding carboxylic acids is 3. The summed E-state index contributed by atoms with van der Waals surface area (Å²) in [6.45, 7) is 4.70. The smallest absolute Gasteiger partial charge is 0.306 e. The first kappa shape index (κ1) is 103. The SMILES string of the molecule is CC/C=C\C/C=C\C/C=C\C/C=C\C/C=C\C/C=C\C/C=C\C/C=C\CCCCCCCCCCCCCCCCCCC(=O)OC(COC(=O)CCCCCCCCCCCCCCCCCCCCCCCCCCCCCCCCCCCCCCCCCCC)COC(OCC[N+](C)(C)C)C(=O)[O-]. The lowest BCUT2D eigenvalue weighted by atomic mass is 10.0. The van der Waals surface area contributed by atoms with E-state index in [1.54, 1.807) is 0 Å². The van der Waals surface area contributed by atoms with E-state index >= 15 is 0 Å². The number of unbranched alkanes of at least 4 members (excludes halogenated alkanes) is 56. The first-order valence-electron chi connectivity index (χ1n) is 46.4. The number of carboxylic acid groups (broad SMARTS) is 1. The molecular weight excluding hydrogens is 1320 g/mol. The average Bonchev–Trinajstić information content (AvgIpc) is 0.965. The van der Waals surface area contributed by atoms with E-state index in [2.05, 4.69) is 111 Å². The van der Waals surface area contributed by atoms with Crippen molar-refractivity contribution in [2.75, 3.05) is 47.5 Å². The molecule has 0 radical (unpaired) electrons. The molecule has 2 atom stereocenters. The summed E-state index contributed by atoms with van der Waals surface area (Å²) < 4.78 is 22.9. The van der Waals surface area contributed by atoms with Crippen LogP contribution in [-0.2, 0) is 33.3 Å². The molecule has 107 heavy (non-hydrogen) atoms. The Kier molecular flexibility index (Phi) is 84.7. The molecular formula is C98H177NO8. The van der Waals surface area contributed by atoms with Gasteiger partial charge in [-0.2, -0.15) is 0 Å².